The Labute approximate surface area is 99.4 Å². The van der Waals surface area contributed by atoms with E-state index in [2.05, 4.69) is 25.7 Å². The number of carbonyl (C=O) groups excluding carboxylic acids is 1. The van der Waals surface area contributed by atoms with E-state index in [1.807, 2.05) is 0 Å². The Hall–Kier alpha value is -0.370. The van der Waals surface area contributed by atoms with Gasteiger partial charge >= 0.3 is 0 Å². The molecule has 0 spiro atoms. The van der Waals surface area contributed by atoms with Gasteiger partial charge in [-0.2, -0.15) is 0 Å². The second kappa shape index (κ2) is 4.48. The maximum atomic E-state index is 11.6. The van der Waals surface area contributed by atoms with Crippen LogP contribution in [-0.4, -0.2) is 29.8 Å². The molecule has 1 heterocycles. The molecule has 92 valence electrons. The van der Waals surface area contributed by atoms with Crippen molar-refractivity contribution in [2.24, 2.45) is 11.3 Å². The first kappa shape index (κ1) is 12.1. The highest BCUT2D eigenvalue weighted by molar-refractivity contribution is 5.82. The summed E-state index contributed by atoms with van der Waals surface area (Å²) >= 11 is 0. The Balaban J connectivity index is 1.93. The third-order valence-corrected chi connectivity index (χ3v) is 4.73. The van der Waals surface area contributed by atoms with Crippen molar-refractivity contribution in [1.82, 2.24) is 4.90 Å². The molecule has 1 saturated carbocycles. The maximum absolute atomic E-state index is 11.6. The highest BCUT2D eigenvalue weighted by Crippen LogP contribution is 2.50. The molecule has 0 bridgehead atoms. The van der Waals surface area contributed by atoms with Gasteiger partial charge in [-0.1, -0.05) is 20.3 Å². The van der Waals surface area contributed by atoms with Gasteiger partial charge in [-0.05, 0) is 31.6 Å². The molecule has 0 amide bonds. The molecule has 0 radical (unpaired) electrons. The summed E-state index contributed by atoms with van der Waals surface area (Å²) in [6, 6.07) is 0.454. The normalized spacial score (nSPS) is 34.1. The summed E-state index contributed by atoms with van der Waals surface area (Å²) in [4.78, 5) is 14.2. The van der Waals surface area contributed by atoms with Gasteiger partial charge in [-0.3, -0.25) is 9.69 Å². The molecule has 2 nitrogen and oxygen atoms in total. The van der Waals surface area contributed by atoms with E-state index in [0.717, 1.165) is 13.0 Å². The van der Waals surface area contributed by atoms with E-state index < -0.39 is 0 Å². The van der Waals surface area contributed by atoms with Gasteiger partial charge < -0.3 is 0 Å². The Morgan fingerprint density at radius 1 is 1.38 bits per heavy atom. The first-order valence-corrected chi connectivity index (χ1v) is 6.85. The minimum absolute atomic E-state index is 0.242. The SMILES string of the molecule is CCCC1(CN2CCC(=O)C(C)C2C)CC1. The first-order chi connectivity index (χ1) is 7.58. The molecule has 1 saturated heterocycles. The van der Waals surface area contributed by atoms with Gasteiger partial charge in [0.15, 0.2) is 0 Å². The van der Waals surface area contributed by atoms with Crippen LogP contribution in [-0.2, 0) is 4.79 Å². The molecule has 2 aliphatic rings. The number of hydrogen-bond acceptors (Lipinski definition) is 2. The van der Waals surface area contributed by atoms with Crippen LogP contribution in [0, 0.1) is 11.3 Å². The third-order valence-electron chi connectivity index (χ3n) is 4.73. The number of hydrogen-bond donors (Lipinski definition) is 0. The molecule has 0 aromatic rings. The lowest BCUT2D eigenvalue weighted by Gasteiger charge is -2.39. The van der Waals surface area contributed by atoms with E-state index in [1.54, 1.807) is 0 Å². The Kier molecular flexibility index (Phi) is 3.39. The molecule has 2 rings (SSSR count). The van der Waals surface area contributed by atoms with Gasteiger partial charge in [0.2, 0.25) is 0 Å². The van der Waals surface area contributed by atoms with Crippen LogP contribution in [0.4, 0.5) is 0 Å². The minimum Gasteiger partial charge on any atom is -0.299 e. The summed E-state index contributed by atoms with van der Waals surface area (Å²) < 4.78 is 0. The molecule has 1 aliphatic heterocycles. The van der Waals surface area contributed by atoms with Crippen molar-refractivity contribution in [3.8, 4) is 0 Å². The predicted molar refractivity (Wildman–Crippen MR) is 66.4 cm³/mol. The predicted octanol–water partition coefficient (Wildman–Crippen LogP) is 2.87. The van der Waals surface area contributed by atoms with Crippen LogP contribution in [0.3, 0.4) is 0 Å². The molecule has 0 aromatic carbocycles. The van der Waals surface area contributed by atoms with Gasteiger partial charge in [-0.15, -0.1) is 0 Å². The fraction of sp³-hybridized carbons (Fsp3) is 0.929. The van der Waals surface area contributed by atoms with E-state index in [0.29, 0.717) is 17.2 Å². The zero-order valence-corrected chi connectivity index (χ0v) is 11.0. The lowest BCUT2D eigenvalue weighted by atomic mass is 9.89. The summed E-state index contributed by atoms with van der Waals surface area (Å²) in [5.74, 6) is 0.704. The van der Waals surface area contributed by atoms with Crippen molar-refractivity contribution in [2.75, 3.05) is 13.1 Å². The van der Waals surface area contributed by atoms with Gasteiger partial charge in [0.1, 0.15) is 5.78 Å². The molecular formula is C14H25NO. The van der Waals surface area contributed by atoms with Gasteiger partial charge in [0, 0.05) is 31.5 Å². The van der Waals surface area contributed by atoms with E-state index >= 15 is 0 Å². The average molecular weight is 223 g/mol. The topological polar surface area (TPSA) is 20.3 Å². The number of ketones is 1. The summed E-state index contributed by atoms with van der Waals surface area (Å²) in [6.45, 7) is 8.84. The quantitative estimate of drug-likeness (QED) is 0.730. The first-order valence-electron chi connectivity index (χ1n) is 6.85. The lowest BCUT2D eigenvalue weighted by Crippen LogP contribution is -2.48. The highest BCUT2D eigenvalue weighted by Gasteiger charge is 2.44. The zero-order valence-electron chi connectivity index (χ0n) is 11.0. The van der Waals surface area contributed by atoms with Crippen LogP contribution in [0.15, 0.2) is 0 Å². The smallest absolute Gasteiger partial charge is 0.138 e. The van der Waals surface area contributed by atoms with Crippen molar-refractivity contribution in [3.63, 3.8) is 0 Å². The number of likely N-dealkylation sites (tertiary alicyclic amines) is 1. The van der Waals surface area contributed by atoms with E-state index in [1.165, 1.54) is 32.2 Å². The van der Waals surface area contributed by atoms with Crippen LogP contribution in [0.2, 0.25) is 0 Å². The molecule has 1 aliphatic carbocycles. The average Bonchev–Trinajstić information content (AvgIpc) is 3.00. The second-order valence-electron chi connectivity index (χ2n) is 5.97. The molecule has 0 N–H and O–H groups in total. The summed E-state index contributed by atoms with van der Waals surface area (Å²) in [6.07, 6.45) is 6.27. The molecule has 2 heteroatoms. The fourth-order valence-electron chi connectivity index (χ4n) is 3.12. The second-order valence-corrected chi connectivity index (χ2v) is 5.97. The Morgan fingerprint density at radius 2 is 2.06 bits per heavy atom. The summed E-state index contributed by atoms with van der Waals surface area (Å²) in [5.41, 5.74) is 0.628. The minimum atomic E-state index is 0.242. The van der Waals surface area contributed by atoms with Crippen molar-refractivity contribution in [1.29, 1.82) is 0 Å². The zero-order chi connectivity index (χ0) is 11.8. The van der Waals surface area contributed by atoms with Gasteiger partial charge in [-0.25, -0.2) is 0 Å². The van der Waals surface area contributed by atoms with Crippen molar-refractivity contribution >= 4 is 5.78 Å². The lowest BCUT2D eigenvalue weighted by molar-refractivity contribution is -0.128. The fourth-order valence-corrected chi connectivity index (χ4v) is 3.12. The molecule has 16 heavy (non-hydrogen) atoms. The van der Waals surface area contributed by atoms with Crippen LogP contribution < -0.4 is 0 Å². The van der Waals surface area contributed by atoms with Crippen LogP contribution in [0.25, 0.3) is 0 Å². The monoisotopic (exact) mass is 223 g/mol. The van der Waals surface area contributed by atoms with E-state index in [4.69, 9.17) is 0 Å². The number of piperidine rings is 1. The van der Waals surface area contributed by atoms with Crippen molar-refractivity contribution < 1.29 is 4.79 Å². The molecule has 2 atom stereocenters. The number of Topliss-reactive ketones (excluding diaryl/α,β-unsaturated/α-hetero) is 1. The van der Waals surface area contributed by atoms with Gasteiger partial charge in [0.05, 0.1) is 0 Å². The molecule has 2 unspecified atom stereocenters. The van der Waals surface area contributed by atoms with Crippen LogP contribution >= 0.6 is 0 Å². The van der Waals surface area contributed by atoms with E-state index in [-0.39, 0.29) is 5.92 Å². The summed E-state index contributed by atoms with van der Waals surface area (Å²) in [7, 11) is 0. The number of rotatable bonds is 4. The van der Waals surface area contributed by atoms with Crippen molar-refractivity contribution in [3.05, 3.63) is 0 Å². The number of nitrogens with zero attached hydrogens (tertiary/aromatic N) is 1. The van der Waals surface area contributed by atoms with Crippen LogP contribution in [0.5, 0.6) is 0 Å². The standard InChI is InChI=1S/C14H25NO/c1-4-6-14(7-8-14)10-15-9-5-13(16)11(2)12(15)3/h11-12H,4-10H2,1-3H3. The summed E-state index contributed by atoms with van der Waals surface area (Å²) in [5, 5.41) is 0. The van der Waals surface area contributed by atoms with Crippen molar-refractivity contribution in [2.45, 2.75) is 58.9 Å². The Morgan fingerprint density at radius 3 is 2.62 bits per heavy atom. The number of carbonyl (C=O) groups is 1. The highest BCUT2D eigenvalue weighted by atomic mass is 16.1. The Bertz CT molecular complexity index is 270. The van der Waals surface area contributed by atoms with Crippen LogP contribution in [0.1, 0.15) is 52.9 Å². The maximum Gasteiger partial charge on any atom is 0.138 e. The van der Waals surface area contributed by atoms with E-state index in [9.17, 15) is 4.79 Å². The molecule has 0 aromatic heterocycles. The van der Waals surface area contributed by atoms with Gasteiger partial charge in [0.25, 0.3) is 0 Å². The third kappa shape index (κ3) is 2.32. The molecule has 2 fully saturated rings. The largest absolute Gasteiger partial charge is 0.299 e. The molecular weight excluding hydrogens is 198 g/mol.